The molecule has 5 aromatic rings. The summed E-state index contributed by atoms with van der Waals surface area (Å²) in [6, 6.07) is 19.3. The number of carbonyl (C=O) groups excluding carboxylic acids is 1. The topological polar surface area (TPSA) is 152 Å². The van der Waals surface area contributed by atoms with E-state index in [1.807, 2.05) is 27.7 Å². The molecule has 6 rings (SSSR count). The monoisotopic (exact) mass is 805 g/mol. The van der Waals surface area contributed by atoms with E-state index >= 15 is 0 Å². The van der Waals surface area contributed by atoms with Gasteiger partial charge in [-0.15, -0.1) is 0 Å². The van der Waals surface area contributed by atoms with Gasteiger partial charge in [-0.05, 0) is 89.1 Å². The first-order valence-corrected chi connectivity index (χ1v) is 21.5. The summed E-state index contributed by atoms with van der Waals surface area (Å²) in [5, 5.41) is 0.298. The number of benzene rings is 3. The molecule has 1 fully saturated rings. The van der Waals surface area contributed by atoms with E-state index in [1.165, 1.54) is 48.1 Å². The van der Waals surface area contributed by atoms with Gasteiger partial charge in [0.15, 0.2) is 9.84 Å². The fourth-order valence-electron chi connectivity index (χ4n) is 6.40. The van der Waals surface area contributed by atoms with E-state index in [2.05, 4.69) is 0 Å². The zero-order valence-corrected chi connectivity index (χ0v) is 34.0. The third-order valence-electron chi connectivity index (χ3n) is 9.38. The number of amides is 1. The van der Waals surface area contributed by atoms with Crippen molar-refractivity contribution in [3.05, 3.63) is 101 Å². The SMILES string of the molecule is CCS(=O)(=O)c1ccc(Oc2cccc(OCCOC3CCN(C(=O)OC(C)(C)C)CC3)c2)c(-c2cn(C)c(=O)c3c2ccn3S(=O)(=O)c2ccc(C)cc2)c1. The molecule has 0 saturated carbocycles. The van der Waals surface area contributed by atoms with Crippen LogP contribution < -0.4 is 15.0 Å². The summed E-state index contributed by atoms with van der Waals surface area (Å²) < 4.78 is 79.9. The number of ether oxygens (including phenoxy) is 4. The minimum absolute atomic E-state index is 0.00608. The predicted molar refractivity (Wildman–Crippen MR) is 213 cm³/mol. The molecule has 1 saturated heterocycles. The number of fused-ring (bicyclic) bond motifs is 1. The number of aryl methyl sites for hydroxylation is 2. The van der Waals surface area contributed by atoms with Gasteiger partial charge in [-0.1, -0.05) is 30.7 Å². The molecule has 0 unspecified atom stereocenters. The molecule has 56 heavy (non-hydrogen) atoms. The fourth-order valence-corrected chi connectivity index (χ4v) is 8.65. The van der Waals surface area contributed by atoms with E-state index in [4.69, 9.17) is 18.9 Å². The molecule has 1 amide bonds. The van der Waals surface area contributed by atoms with Crippen LogP contribution in [0.15, 0.2) is 99.8 Å². The summed E-state index contributed by atoms with van der Waals surface area (Å²) in [7, 11) is -6.33. The maximum absolute atomic E-state index is 13.8. The second-order valence-corrected chi connectivity index (χ2v) is 18.8. The Kier molecular flexibility index (Phi) is 11.7. The summed E-state index contributed by atoms with van der Waals surface area (Å²) in [6.45, 7) is 10.6. The van der Waals surface area contributed by atoms with E-state index < -0.39 is 31.0 Å². The van der Waals surface area contributed by atoms with Gasteiger partial charge >= 0.3 is 6.09 Å². The van der Waals surface area contributed by atoms with E-state index in [0.717, 1.165) is 9.54 Å². The highest BCUT2D eigenvalue weighted by Gasteiger charge is 2.28. The average molecular weight is 806 g/mol. The van der Waals surface area contributed by atoms with Crippen molar-refractivity contribution >= 4 is 36.9 Å². The van der Waals surface area contributed by atoms with Gasteiger partial charge in [0.2, 0.25) is 0 Å². The van der Waals surface area contributed by atoms with Crippen LogP contribution in [0.5, 0.6) is 17.2 Å². The molecular weight excluding hydrogens is 759 g/mol. The van der Waals surface area contributed by atoms with Crippen molar-refractivity contribution in [2.75, 3.05) is 32.1 Å². The van der Waals surface area contributed by atoms with Gasteiger partial charge in [-0.25, -0.2) is 25.6 Å². The summed E-state index contributed by atoms with van der Waals surface area (Å²) in [5.41, 5.74) is 0.419. The van der Waals surface area contributed by atoms with Gasteiger partial charge in [0.05, 0.1) is 28.3 Å². The van der Waals surface area contributed by atoms with Gasteiger partial charge in [0.25, 0.3) is 15.6 Å². The molecular formula is C41H47N3O10S2. The number of pyridine rings is 1. The summed E-state index contributed by atoms with van der Waals surface area (Å²) in [4.78, 5) is 27.7. The van der Waals surface area contributed by atoms with Crippen molar-refractivity contribution in [2.24, 2.45) is 7.05 Å². The molecule has 0 radical (unpaired) electrons. The zero-order chi connectivity index (χ0) is 40.4. The van der Waals surface area contributed by atoms with Crippen molar-refractivity contribution in [3.63, 3.8) is 0 Å². The smallest absolute Gasteiger partial charge is 0.410 e. The second-order valence-electron chi connectivity index (χ2n) is 14.7. The summed E-state index contributed by atoms with van der Waals surface area (Å²) in [6.07, 6.45) is 3.93. The number of aromatic nitrogens is 2. The maximum atomic E-state index is 13.8. The molecule has 298 valence electrons. The number of piperidine rings is 1. The quantitative estimate of drug-likeness (QED) is 0.121. The highest BCUT2D eigenvalue weighted by atomic mass is 32.2. The second kappa shape index (κ2) is 16.2. The van der Waals surface area contributed by atoms with E-state index in [-0.39, 0.29) is 45.6 Å². The van der Waals surface area contributed by atoms with Gasteiger partial charge in [0.1, 0.15) is 35.0 Å². The largest absolute Gasteiger partial charge is 0.491 e. The number of sulfone groups is 1. The Balaban J connectivity index is 1.23. The molecule has 0 atom stereocenters. The molecule has 0 bridgehead atoms. The lowest BCUT2D eigenvalue weighted by atomic mass is 10.0. The Morgan fingerprint density at radius 3 is 2.21 bits per heavy atom. The Hall–Kier alpha value is -5.12. The Bertz CT molecular complexity index is 2510. The fraction of sp³-hybridized carbons (Fsp3) is 0.366. The van der Waals surface area contributed by atoms with Crippen molar-refractivity contribution in [1.82, 2.24) is 13.4 Å². The van der Waals surface area contributed by atoms with Crippen LogP contribution in [0.2, 0.25) is 0 Å². The van der Waals surface area contributed by atoms with Crippen LogP contribution in [0.3, 0.4) is 0 Å². The van der Waals surface area contributed by atoms with Crippen LogP contribution in [-0.2, 0) is 36.4 Å². The predicted octanol–water partition coefficient (Wildman–Crippen LogP) is 6.93. The Morgan fingerprint density at radius 1 is 0.857 bits per heavy atom. The van der Waals surface area contributed by atoms with Gasteiger partial charge < -0.3 is 28.4 Å². The number of nitrogens with zero attached hydrogens (tertiary/aromatic N) is 3. The standard InChI is InChI=1S/C41H47N3O10S2/c1-7-55(47,48)33-15-16-37(53-31-10-8-9-30(25-31)52-24-23-51-29-17-20-43(21-18-29)40(46)54-41(3,4)5)35(26-33)36-27-42(6)39(45)38-34(36)19-22-44(38)56(49,50)32-13-11-28(2)12-14-32/h8-16,19,22,25-27,29H,7,17-18,20-21,23-24H2,1-6H3. The molecule has 2 aromatic heterocycles. The van der Waals surface area contributed by atoms with Gasteiger partial charge in [-0.3, -0.25) is 4.79 Å². The molecule has 0 aliphatic carbocycles. The first kappa shape index (κ1) is 40.5. The van der Waals surface area contributed by atoms with Crippen LogP contribution in [0, 0.1) is 6.92 Å². The average Bonchev–Trinajstić information content (AvgIpc) is 3.62. The Morgan fingerprint density at radius 2 is 1.54 bits per heavy atom. The minimum Gasteiger partial charge on any atom is -0.491 e. The lowest BCUT2D eigenvalue weighted by Crippen LogP contribution is -2.43. The van der Waals surface area contributed by atoms with E-state index in [9.17, 15) is 26.4 Å². The molecule has 0 N–H and O–H groups in total. The van der Waals surface area contributed by atoms with E-state index in [0.29, 0.717) is 60.6 Å². The van der Waals surface area contributed by atoms with Crippen molar-refractivity contribution in [2.45, 2.75) is 69.0 Å². The van der Waals surface area contributed by atoms with Crippen molar-refractivity contribution in [1.29, 1.82) is 0 Å². The van der Waals surface area contributed by atoms with Crippen molar-refractivity contribution in [3.8, 4) is 28.4 Å². The van der Waals surface area contributed by atoms with Crippen LogP contribution >= 0.6 is 0 Å². The normalized spacial score (nSPS) is 14.2. The molecule has 15 heteroatoms. The molecule has 0 spiro atoms. The maximum Gasteiger partial charge on any atom is 0.410 e. The molecule has 1 aliphatic rings. The highest BCUT2D eigenvalue weighted by Crippen LogP contribution is 2.39. The number of carbonyl (C=O) groups is 1. The summed E-state index contributed by atoms with van der Waals surface area (Å²) in [5.74, 6) is 1.04. The number of likely N-dealkylation sites (tertiary alicyclic amines) is 1. The van der Waals surface area contributed by atoms with Crippen LogP contribution in [0.4, 0.5) is 4.79 Å². The van der Waals surface area contributed by atoms with Crippen LogP contribution in [-0.4, -0.2) is 80.1 Å². The molecule has 3 heterocycles. The first-order valence-electron chi connectivity index (χ1n) is 18.4. The van der Waals surface area contributed by atoms with Gasteiger partial charge in [-0.2, -0.15) is 0 Å². The molecule has 1 aliphatic heterocycles. The lowest BCUT2D eigenvalue weighted by Gasteiger charge is -2.33. The Labute approximate surface area is 327 Å². The number of hydrogen-bond donors (Lipinski definition) is 0. The number of rotatable bonds is 12. The third kappa shape index (κ3) is 8.95. The first-order chi connectivity index (χ1) is 26.5. The minimum atomic E-state index is -4.17. The molecule has 3 aromatic carbocycles. The van der Waals surface area contributed by atoms with Crippen LogP contribution in [0.1, 0.15) is 46.1 Å². The molecule has 13 nitrogen and oxygen atoms in total. The number of hydrogen-bond acceptors (Lipinski definition) is 10. The lowest BCUT2D eigenvalue weighted by molar-refractivity contribution is -0.0177. The summed E-state index contributed by atoms with van der Waals surface area (Å²) >= 11 is 0. The van der Waals surface area contributed by atoms with Crippen molar-refractivity contribution < 1.29 is 40.6 Å². The third-order valence-corrected chi connectivity index (χ3v) is 12.8. The van der Waals surface area contributed by atoms with E-state index in [1.54, 1.807) is 60.5 Å². The van der Waals surface area contributed by atoms with Gasteiger partial charge in [0, 0.05) is 55.1 Å². The van der Waals surface area contributed by atoms with Crippen LogP contribution in [0.25, 0.3) is 22.0 Å². The highest BCUT2D eigenvalue weighted by molar-refractivity contribution is 7.91. The zero-order valence-electron chi connectivity index (χ0n) is 32.4.